The molecule has 1 aliphatic carbocycles. The zero-order chi connectivity index (χ0) is 8.10. The van der Waals surface area contributed by atoms with E-state index < -0.39 is 0 Å². The molecule has 1 rings (SSSR count). The monoisotopic (exact) mass is 149 g/mol. The minimum absolute atomic E-state index is 0.366. The van der Waals surface area contributed by atoms with Crippen LogP contribution in [0.1, 0.15) is 32.1 Å². The van der Waals surface area contributed by atoms with Gasteiger partial charge in [-0.1, -0.05) is 4.85 Å². The number of nitriles is 1. The van der Waals surface area contributed by atoms with Crippen LogP contribution in [0.4, 0.5) is 0 Å². The van der Waals surface area contributed by atoms with Gasteiger partial charge in [0.25, 0.3) is 12.6 Å². The third-order valence-electron chi connectivity index (χ3n) is 2.41. The van der Waals surface area contributed by atoms with E-state index in [1.807, 2.05) is 0 Å². The maximum absolute atomic E-state index is 8.44. The molecule has 11 heavy (non-hydrogen) atoms. The van der Waals surface area contributed by atoms with Gasteiger partial charge in [-0.05, 0) is 18.8 Å². The molecule has 1 aliphatic rings. The molecule has 0 N–H and O–H groups in total. The average Bonchev–Trinajstić information content (AvgIpc) is 2.07. The highest BCUT2D eigenvalue weighted by molar-refractivity contribution is 4.89. The molecule has 0 aliphatic heterocycles. The third kappa shape index (κ3) is 2.24. The summed E-state index contributed by atoms with van der Waals surface area (Å²) in [6.45, 7) is 5.18. The van der Waals surface area contributed by atoms with E-state index in [-0.39, 0.29) is 0 Å². The van der Waals surface area contributed by atoms with Crippen LogP contribution in [0.5, 0.6) is 0 Å². The van der Waals surface area contributed by atoms with Crippen molar-refractivity contribution in [2.24, 2.45) is 5.92 Å². The summed E-state index contributed by atoms with van der Waals surface area (Å²) in [4.78, 5) is 3.76. The Balaban J connectivity index is 2.27. The standard InChI is InChI=1S/C9H13N2/c1-11-9-4-2-8(3-5-9)6-7-10/h1,8-9H,2-6H2/q+1. The molecule has 1 saturated carbocycles. The van der Waals surface area contributed by atoms with Crippen molar-refractivity contribution in [1.29, 1.82) is 5.26 Å². The topological polar surface area (TPSA) is 28.1 Å². The van der Waals surface area contributed by atoms with E-state index in [0.717, 1.165) is 25.7 Å². The smallest absolute Gasteiger partial charge is 0.198 e. The molecule has 2 nitrogen and oxygen atoms in total. The molecule has 2 heteroatoms. The second-order valence-corrected chi connectivity index (χ2v) is 3.19. The maximum atomic E-state index is 8.44. The van der Waals surface area contributed by atoms with Crippen LogP contribution in [0.2, 0.25) is 0 Å². The Hall–Kier alpha value is -1.02. The van der Waals surface area contributed by atoms with E-state index in [1.165, 1.54) is 0 Å². The molecule has 0 aromatic rings. The Bertz CT molecular complexity index is 189. The fraction of sp³-hybridized carbons (Fsp3) is 0.778. The summed E-state index contributed by atoms with van der Waals surface area (Å²) < 4.78 is 0. The molecule has 0 aromatic carbocycles. The lowest BCUT2D eigenvalue weighted by molar-refractivity contribution is 0.352. The number of rotatable bonds is 1. The first-order chi connectivity index (χ1) is 5.36. The van der Waals surface area contributed by atoms with Gasteiger partial charge < -0.3 is 0 Å². The van der Waals surface area contributed by atoms with Crippen molar-refractivity contribution in [2.45, 2.75) is 38.1 Å². The normalized spacial score (nSPS) is 30.4. The summed E-state index contributed by atoms with van der Waals surface area (Å²) >= 11 is 0. The van der Waals surface area contributed by atoms with Crippen molar-refractivity contribution in [2.75, 3.05) is 0 Å². The van der Waals surface area contributed by atoms with Crippen LogP contribution in [-0.4, -0.2) is 6.04 Å². The fourth-order valence-electron chi connectivity index (χ4n) is 1.63. The van der Waals surface area contributed by atoms with Crippen molar-refractivity contribution in [3.05, 3.63) is 4.85 Å². The lowest BCUT2D eigenvalue weighted by Crippen LogP contribution is -2.15. The van der Waals surface area contributed by atoms with E-state index in [2.05, 4.69) is 10.9 Å². The molecule has 0 atom stereocenters. The minimum Gasteiger partial charge on any atom is -0.198 e. The fourth-order valence-corrected chi connectivity index (χ4v) is 1.63. The number of hydrogen-bond acceptors (Lipinski definition) is 1. The van der Waals surface area contributed by atoms with Gasteiger partial charge in [0.05, 0.1) is 6.07 Å². The zero-order valence-electron chi connectivity index (χ0n) is 6.66. The molecule has 1 fully saturated rings. The molecule has 58 valence electrons. The van der Waals surface area contributed by atoms with Gasteiger partial charge in [-0.3, -0.25) is 0 Å². The van der Waals surface area contributed by atoms with Crippen molar-refractivity contribution in [3.63, 3.8) is 0 Å². The van der Waals surface area contributed by atoms with Gasteiger partial charge in [-0.25, -0.2) is 0 Å². The van der Waals surface area contributed by atoms with Crippen molar-refractivity contribution in [3.8, 4) is 12.6 Å². The molecular weight excluding hydrogens is 136 g/mol. The molecule has 0 saturated heterocycles. The lowest BCUT2D eigenvalue weighted by Gasteiger charge is -2.17. The Labute approximate surface area is 67.6 Å². The van der Waals surface area contributed by atoms with Crippen LogP contribution in [0.3, 0.4) is 0 Å². The second kappa shape index (κ2) is 3.98. The summed E-state index contributed by atoms with van der Waals surface area (Å²) in [5.74, 6) is 0.609. The Morgan fingerprint density at radius 1 is 1.36 bits per heavy atom. The zero-order valence-corrected chi connectivity index (χ0v) is 6.66. The first-order valence-electron chi connectivity index (χ1n) is 4.13. The lowest BCUT2D eigenvalue weighted by atomic mass is 9.85. The molecule has 0 unspecified atom stereocenters. The van der Waals surface area contributed by atoms with Crippen molar-refractivity contribution in [1.82, 2.24) is 0 Å². The summed E-state index contributed by atoms with van der Waals surface area (Å²) in [6, 6.07) is 2.57. The highest BCUT2D eigenvalue weighted by atomic mass is 14.7. The second-order valence-electron chi connectivity index (χ2n) is 3.19. The molecular formula is C9H13N2+. The van der Waals surface area contributed by atoms with E-state index in [1.54, 1.807) is 0 Å². The van der Waals surface area contributed by atoms with Crippen LogP contribution >= 0.6 is 0 Å². The Morgan fingerprint density at radius 3 is 2.45 bits per heavy atom. The Morgan fingerprint density at radius 2 is 2.00 bits per heavy atom. The Kier molecular flexibility index (Phi) is 2.93. The largest absolute Gasteiger partial charge is 0.272 e. The average molecular weight is 149 g/mol. The quantitative estimate of drug-likeness (QED) is 0.562. The van der Waals surface area contributed by atoms with E-state index in [9.17, 15) is 0 Å². The highest BCUT2D eigenvalue weighted by Crippen LogP contribution is 2.27. The third-order valence-corrected chi connectivity index (χ3v) is 2.41. The molecule has 0 spiro atoms. The van der Waals surface area contributed by atoms with Crippen molar-refractivity contribution >= 4 is 0 Å². The number of hydrogen-bond donors (Lipinski definition) is 0. The summed E-state index contributed by atoms with van der Waals surface area (Å²) in [5, 5.41) is 8.44. The highest BCUT2D eigenvalue weighted by Gasteiger charge is 2.25. The van der Waals surface area contributed by atoms with Crippen LogP contribution in [0.15, 0.2) is 0 Å². The SMILES string of the molecule is C#[N+]C1CCC(CC#N)CC1. The molecule has 0 radical (unpaired) electrons. The summed E-state index contributed by atoms with van der Waals surface area (Å²) in [6.07, 6.45) is 5.10. The summed E-state index contributed by atoms with van der Waals surface area (Å²) in [7, 11) is 0. The van der Waals surface area contributed by atoms with Gasteiger partial charge in [0, 0.05) is 19.3 Å². The van der Waals surface area contributed by atoms with E-state index in [0.29, 0.717) is 18.4 Å². The first kappa shape index (κ1) is 8.08. The summed E-state index contributed by atoms with van der Waals surface area (Å²) in [5.41, 5.74) is 0. The van der Waals surface area contributed by atoms with Crippen LogP contribution in [0, 0.1) is 23.8 Å². The van der Waals surface area contributed by atoms with E-state index >= 15 is 0 Å². The minimum atomic E-state index is 0.366. The number of nitrogens with zero attached hydrogens (tertiary/aromatic N) is 2. The van der Waals surface area contributed by atoms with Gasteiger partial charge in [0.2, 0.25) is 0 Å². The predicted molar refractivity (Wildman–Crippen MR) is 44.3 cm³/mol. The maximum Gasteiger partial charge on any atom is 0.272 e. The van der Waals surface area contributed by atoms with Gasteiger partial charge in [-0.2, -0.15) is 5.26 Å². The van der Waals surface area contributed by atoms with E-state index in [4.69, 9.17) is 11.8 Å². The first-order valence-corrected chi connectivity index (χ1v) is 4.13. The molecule has 0 amide bonds. The van der Waals surface area contributed by atoms with Crippen molar-refractivity contribution < 1.29 is 0 Å². The van der Waals surface area contributed by atoms with Gasteiger partial charge in [0.1, 0.15) is 0 Å². The van der Waals surface area contributed by atoms with Crippen LogP contribution in [0.25, 0.3) is 4.85 Å². The van der Waals surface area contributed by atoms with Gasteiger partial charge in [-0.15, -0.1) is 0 Å². The van der Waals surface area contributed by atoms with Gasteiger partial charge >= 0.3 is 0 Å². The van der Waals surface area contributed by atoms with Gasteiger partial charge in [0.15, 0.2) is 0 Å². The molecule has 0 heterocycles. The van der Waals surface area contributed by atoms with Crippen LogP contribution < -0.4 is 0 Å². The van der Waals surface area contributed by atoms with Crippen LogP contribution in [-0.2, 0) is 0 Å². The molecule has 0 aromatic heterocycles. The predicted octanol–water partition coefficient (Wildman–Crippen LogP) is 2.42. The molecule has 0 bridgehead atoms.